The molecule has 15 heteroatoms. The molecule has 3 N–H and O–H groups in total. The molecular weight excluding hydrogens is 771 g/mol. The van der Waals surface area contributed by atoms with Crippen LogP contribution in [-0.2, 0) is 0 Å². The molecule has 0 saturated heterocycles. The van der Waals surface area contributed by atoms with Crippen molar-refractivity contribution >= 4 is 53.4 Å². The Morgan fingerprint density at radius 3 is 1.28 bits per heavy atom. The summed E-state index contributed by atoms with van der Waals surface area (Å²) in [6.07, 6.45) is -1.88. The number of hydrogen-bond donors (Lipinski definition) is 3. The van der Waals surface area contributed by atoms with Crippen molar-refractivity contribution in [2.45, 2.75) is 0 Å². The molecule has 0 fully saturated rings. The highest BCUT2D eigenvalue weighted by Gasteiger charge is 2.16. The standard InChI is InChI=1S/C45H31N5O10/c51-40(29-18-24-36(25-19-29)59-44(54)57-33-12-6-2-7-13-33)47-39-28-38(46-32-20-26-37(27-21-32)60-45(55)58-34-14-8-3-9-15-34)48-43(49-39)50-41(52)30-16-22-35(23-17-30)56-42(53)31-10-4-1-5-11-31/h1-28H,(H3,46,47,48,49,50,51,52). The Kier molecular flexibility index (Phi) is 12.4. The fraction of sp³-hybridized carbons (Fsp3) is 0. The highest BCUT2D eigenvalue weighted by Crippen LogP contribution is 2.24. The fourth-order valence-electron chi connectivity index (χ4n) is 5.24. The molecule has 296 valence electrons. The lowest BCUT2D eigenvalue weighted by Crippen LogP contribution is -2.18. The minimum Gasteiger partial charge on any atom is -0.423 e. The minimum atomic E-state index is -0.954. The molecule has 2 amide bonds. The lowest BCUT2D eigenvalue weighted by Gasteiger charge is -2.12. The van der Waals surface area contributed by atoms with Crippen molar-refractivity contribution in [3.8, 4) is 28.7 Å². The zero-order chi connectivity index (χ0) is 41.7. The summed E-state index contributed by atoms with van der Waals surface area (Å²) in [6.45, 7) is 0. The molecule has 0 aliphatic heterocycles. The smallest absolute Gasteiger partial charge is 0.423 e. The van der Waals surface area contributed by atoms with Gasteiger partial charge < -0.3 is 34.3 Å². The first kappa shape index (κ1) is 39.4. The van der Waals surface area contributed by atoms with Crippen molar-refractivity contribution in [3.63, 3.8) is 0 Å². The van der Waals surface area contributed by atoms with Crippen LogP contribution in [-0.4, -0.2) is 40.1 Å². The largest absolute Gasteiger partial charge is 0.519 e. The number of amides is 2. The summed E-state index contributed by atoms with van der Waals surface area (Å²) in [6, 6.07) is 44.6. The summed E-state index contributed by atoms with van der Waals surface area (Å²) in [4.78, 5) is 72.4. The summed E-state index contributed by atoms with van der Waals surface area (Å²) >= 11 is 0. The first-order valence-electron chi connectivity index (χ1n) is 18.0. The molecule has 0 aliphatic carbocycles. The zero-order valence-electron chi connectivity index (χ0n) is 31.1. The van der Waals surface area contributed by atoms with E-state index in [1.54, 1.807) is 103 Å². The van der Waals surface area contributed by atoms with Gasteiger partial charge in [0, 0.05) is 22.9 Å². The molecular formula is C45H31N5O10. The van der Waals surface area contributed by atoms with Gasteiger partial charge >= 0.3 is 18.3 Å². The van der Waals surface area contributed by atoms with Crippen molar-refractivity contribution in [2.75, 3.05) is 16.0 Å². The van der Waals surface area contributed by atoms with Crippen LogP contribution in [0.5, 0.6) is 28.7 Å². The van der Waals surface area contributed by atoms with E-state index >= 15 is 0 Å². The fourth-order valence-corrected chi connectivity index (χ4v) is 5.24. The van der Waals surface area contributed by atoms with Crippen molar-refractivity contribution in [3.05, 3.63) is 187 Å². The second-order valence-electron chi connectivity index (χ2n) is 12.4. The number of benzene rings is 6. The molecule has 60 heavy (non-hydrogen) atoms. The van der Waals surface area contributed by atoms with Gasteiger partial charge in [0.1, 0.15) is 40.4 Å². The van der Waals surface area contributed by atoms with Crippen LogP contribution in [0.3, 0.4) is 0 Å². The molecule has 0 radical (unpaired) electrons. The second kappa shape index (κ2) is 18.9. The molecule has 15 nitrogen and oxygen atoms in total. The molecule has 0 aliphatic rings. The average Bonchev–Trinajstić information content (AvgIpc) is 3.25. The second-order valence-corrected chi connectivity index (χ2v) is 12.4. The molecule has 7 aromatic rings. The zero-order valence-corrected chi connectivity index (χ0v) is 31.1. The van der Waals surface area contributed by atoms with Gasteiger partial charge in [-0.05, 0) is 109 Å². The maximum absolute atomic E-state index is 13.4. The van der Waals surface area contributed by atoms with Gasteiger partial charge in [-0.3, -0.25) is 14.9 Å². The molecule has 1 heterocycles. The van der Waals surface area contributed by atoms with Crippen molar-refractivity contribution in [1.82, 2.24) is 9.97 Å². The first-order valence-corrected chi connectivity index (χ1v) is 18.0. The highest BCUT2D eigenvalue weighted by atomic mass is 16.7. The predicted molar refractivity (Wildman–Crippen MR) is 218 cm³/mol. The van der Waals surface area contributed by atoms with E-state index in [0.717, 1.165) is 0 Å². The van der Waals surface area contributed by atoms with Crippen LogP contribution >= 0.6 is 0 Å². The Morgan fingerprint density at radius 2 is 0.783 bits per heavy atom. The van der Waals surface area contributed by atoms with Gasteiger partial charge in [0.2, 0.25) is 5.95 Å². The van der Waals surface area contributed by atoms with Crippen LogP contribution in [0, 0.1) is 0 Å². The van der Waals surface area contributed by atoms with Crippen LogP contribution < -0.4 is 39.6 Å². The van der Waals surface area contributed by atoms with E-state index in [0.29, 0.717) is 22.7 Å². The summed E-state index contributed by atoms with van der Waals surface area (Å²) in [5, 5.41) is 8.39. The Morgan fingerprint density at radius 1 is 0.383 bits per heavy atom. The summed E-state index contributed by atoms with van der Waals surface area (Å²) < 4.78 is 26.2. The van der Waals surface area contributed by atoms with Gasteiger partial charge in [0.25, 0.3) is 11.8 Å². The van der Waals surface area contributed by atoms with Crippen LogP contribution in [0.1, 0.15) is 31.1 Å². The number of ether oxygens (including phenoxy) is 5. The van der Waals surface area contributed by atoms with Gasteiger partial charge in [0.15, 0.2) is 0 Å². The Bertz CT molecular complexity index is 2610. The van der Waals surface area contributed by atoms with Crippen LogP contribution in [0.2, 0.25) is 0 Å². The summed E-state index contributed by atoms with van der Waals surface area (Å²) in [5.74, 6) is -0.552. The highest BCUT2D eigenvalue weighted by molar-refractivity contribution is 6.05. The van der Waals surface area contributed by atoms with Gasteiger partial charge in [-0.1, -0.05) is 54.6 Å². The first-order chi connectivity index (χ1) is 29.2. The van der Waals surface area contributed by atoms with E-state index in [9.17, 15) is 24.0 Å². The molecule has 0 atom stereocenters. The number of nitrogens with one attached hydrogen (secondary N) is 3. The number of carbonyl (C=O) groups is 5. The van der Waals surface area contributed by atoms with Crippen molar-refractivity contribution in [1.29, 1.82) is 0 Å². The molecule has 0 unspecified atom stereocenters. The molecule has 6 aromatic carbocycles. The van der Waals surface area contributed by atoms with E-state index in [1.165, 1.54) is 66.7 Å². The topological polar surface area (TPSA) is 193 Å². The minimum absolute atomic E-state index is 0.00588. The van der Waals surface area contributed by atoms with Gasteiger partial charge in [-0.15, -0.1) is 0 Å². The quantitative estimate of drug-likeness (QED) is 0.0602. The number of nitrogens with zero attached hydrogens (tertiary/aromatic N) is 2. The van der Waals surface area contributed by atoms with Crippen molar-refractivity contribution < 1.29 is 47.7 Å². The van der Waals surface area contributed by atoms with Gasteiger partial charge in [-0.2, -0.15) is 9.97 Å². The summed E-state index contributed by atoms with van der Waals surface area (Å²) in [7, 11) is 0. The number of anilines is 4. The monoisotopic (exact) mass is 801 g/mol. The third-order valence-corrected chi connectivity index (χ3v) is 8.06. The molecule has 0 bridgehead atoms. The Balaban J connectivity index is 1.04. The SMILES string of the molecule is O=C(Oc1ccccc1)Oc1ccc(Nc2cc(NC(=O)c3ccc(OC(=O)Oc4ccccc4)cc3)nc(NC(=O)c3ccc(OC(=O)c4ccccc4)cc3)n2)cc1. The van der Waals surface area contributed by atoms with Crippen LogP contribution in [0.25, 0.3) is 0 Å². The van der Waals surface area contributed by atoms with Gasteiger partial charge in [-0.25, -0.2) is 14.4 Å². The third-order valence-electron chi connectivity index (χ3n) is 8.06. The van der Waals surface area contributed by atoms with Gasteiger partial charge in [0.05, 0.1) is 5.56 Å². The van der Waals surface area contributed by atoms with Crippen molar-refractivity contribution in [2.24, 2.45) is 0 Å². The number of para-hydroxylation sites is 2. The molecule has 7 rings (SSSR count). The maximum atomic E-state index is 13.4. The van der Waals surface area contributed by atoms with E-state index in [-0.39, 0.29) is 46.0 Å². The number of hydrogen-bond acceptors (Lipinski definition) is 13. The van der Waals surface area contributed by atoms with E-state index < -0.39 is 30.1 Å². The van der Waals surface area contributed by atoms with E-state index in [2.05, 4.69) is 25.9 Å². The summed E-state index contributed by atoms with van der Waals surface area (Å²) in [5.41, 5.74) is 1.24. The van der Waals surface area contributed by atoms with Crippen LogP contribution in [0.4, 0.5) is 32.9 Å². The molecule has 0 saturated carbocycles. The molecule has 0 spiro atoms. The number of esters is 1. The third kappa shape index (κ3) is 11.1. The molecule has 1 aromatic heterocycles. The lowest BCUT2D eigenvalue weighted by molar-refractivity contribution is 0.0734. The lowest BCUT2D eigenvalue weighted by atomic mass is 10.2. The number of aromatic nitrogens is 2. The maximum Gasteiger partial charge on any atom is 0.519 e. The van der Waals surface area contributed by atoms with E-state index in [4.69, 9.17) is 23.7 Å². The number of carbonyl (C=O) groups excluding carboxylic acids is 5. The van der Waals surface area contributed by atoms with E-state index in [1.807, 2.05) is 0 Å². The number of rotatable bonds is 12. The average molecular weight is 802 g/mol. The predicted octanol–water partition coefficient (Wildman–Crippen LogP) is 9.10. The Hall–Kier alpha value is -8.85. The normalized spacial score (nSPS) is 10.3. The Labute approximate surface area is 341 Å². The van der Waals surface area contributed by atoms with Crippen LogP contribution in [0.15, 0.2) is 170 Å².